The third-order valence-corrected chi connectivity index (χ3v) is 7.28. The molecule has 3 heterocycles. The Morgan fingerprint density at radius 2 is 1.72 bits per heavy atom. The van der Waals surface area contributed by atoms with Crippen molar-refractivity contribution in [2.24, 2.45) is 10.9 Å². The highest BCUT2D eigenvalue weighted by Crippen LogP contribution is 2.20. The molecule has 1 N–H and O–H groups in total. The molecule has 3 rings (SSSR count). The van der Waals surface area contributed by atoms with Crippen molar-refractivity contribution in [3.63, 3.8) is 0 Å². The Labute approximate surface area is 174 Å². The molecule has 0 radical (unpaired) electrons. The van der Waals surface area contributed by atoms with Crippen LogP contribution in [0.25, 0.3) is 0 Å². The van der Waals surface area contributed by atoms with Crippen molar-refractivity contribution in [1.82, 2.24) is 19.4 Å². The molecule has 10 heteroatoms. The molecular weight excluding hydrogens is 394 g/mol. The third-order valence-electron chi connectivity index (χ3n) is 5.97. The van der Waals surface area contributed by atoms with Crippen LogP contribution in [0.1, 0.15) is 32.6 Å². The van der Waals surface area contributed by atoms with Gasteiger partial charge in [-0.1, -0.05) is 0 Å². The summed E-state index contributed by atoms with van der Waals surface area (Å²) in [7, 11) is -3.09. The van der Waals surface area contributed by atoms with E-state index in [0.29, 0.717) is 45.2 Å². The second kappa shape index (κ2) is 10.1. The fourth-order valence-electron chi connectivity index (χ4n) is 4.18. The Balaban J connectivity index is 1.49. The van der Waals surface area contributed by atoms with Gasteiger partial charge in [0, 0.05) is 59.0 Å². The van der Waals surface area contributed by atoms with E-state index in [2.05, 4.69) is 17.1 Å². The lowest BCUT2D eigenvalue weighted by atomic mass is 9.98. The maximum atomic E-state index is 12.5. The van der Waals surface area contributed by atoms with Crippen LogP contribution in [-0.4, -0.2) is 106 Å². The van der Waals surface area contributed by atoms with Gasteiger partial charge in [-0.2, -0.15) is 0 Å². The van der Waals surface area contributed by atoms with Gasteiger partial charge in [0.1, 0.15) is 6.10 Å². The van der Waals surface area contributed by atoms with Crippen molar-refractivity contribution in [2.75, 3.05) is 65.2 Å². The first kappa shape index (κ1) is 22.3. The SMILES string of the molecule is CCNC(=NCC1CCN(S(C)(=O)=O)CC1)N1CCN(C(=O)C2CCCO2)CC1. The van der Waals surface area contributed by atoms with Crippen molar-refractivity contribution >= 4 is 21.9 Å². The van der Waals surface area contributed by atoms with Crippen LogP contribution in [0.2, 0.25) is 0 Å². The Morgan fingerprint density at radius 3 is 2.28 bits per heavy atom. The Bertz CT molecular complexity index is 677. The van der Waals surface area contributed by atoms with Gasteiger partial charge >= 0.3 is 0 Å². The lowest BCUT2D eigenvalue weighted by Gasteiger charge is -2.37. The molecule has 1 unspecified atom stereocenters. The van der Waals surface area contributed by atoms with E-state index in [1.54, 1.807) is 4.31 Å². The molecule has 1 atom stereocenters. The van der Waals surface area contributed by atoms with E-state index in [1.807, 2.05) is 4.90 Å². The number of nitrogens with zero attached hydrogens (tertiary/aromatic N) is 4. The molecule has 0 aliphatic carbocycles. The predicted octanol–water partition coefficient (Wildman–Crippen LogP) is -0.0533. The number of ether oxygens (including phenoxy) is 1. The van der Waals surface area contributed by atoms with Gasteiger partial charge in [-0.05, 0) is 38.5 Å². The molecule has 0 aromatic heterocycles. The van der Waals surface area contributed by atoms with E-state index in [1.165, 1.54) is 6.26 Å². The second-order valence-corrected chi connectivity index (χ2v) is 10.1. The van der Waals surface area contributed by atoms with E-state index in [4.69, 9.17) is 9.73 Å². The molecule has 166 valence electrons. The molecule has 0 aromatic rings. The largest absolute Gasteiger partial charge is 0.368 e. The minimum Gasteiger partial charge on any atom is -0.368 e. The van der Waals surface area contributed by atoms with Crippen LogP contribution in [0.4, 0.5) is 0 Å². The molecule has 0 bridgehead atoms. The van der Waals surface area contributed by atoms with Gasteiger partial charge in [-0.25, -0.2) is 12.7 Å². The van der Waals surface area contributed by atoms with Gasteiger partial charge in [0.25, 0.3) is 5.91 Å². The molecule has 0 spiro atoms. The number of sulfonamides is 1. The zero-order valence-electron chi connectivity index (χ0n) is 17.7. The van der Waals surface area contributed by atoms with E-state index in [0.717, 1.165) is 51.3 Å². The van der Waals surface area contributed by atoms with Crippen LogP contribution < -0.4 is 5.32 Å². The second-order valence-electron chi connectivity index (χ2n) is 8.11. The topological polar surface area (TPSA) is 94.5 Å². The molecule has 3 aliphatic rings. The highest BCUT2D eigenvalue weighted by Gasteiger charge is 2.31. The Hall–Kier alpha value is -1.39. The smallest absolute Gasteiger partial charge is 0.251 e. The van der Waals surface area contributed by atoms with E-state index < -0.39 is 10.0 Å². The van der Waals surface area contributed by atoms with Gasteiger partial charge in [-0.15, -0.1) is 0 Å². The lowest BCUT2D eigenvalue weighted by Crippen LogP contribution is -2.55. The number of hydrogen-bond acceptors (Lipinski definition) is 5. The number of carbonyl (C=O) groups is 1. The van der Waals surface area contributed by atoms with Crippen LogP contribution in [0, 0.1) is 5.92 Å². The van der Waals surface area contributed by atoms with E-state index in [-0.39, 0.29) is 12.0 Å². The average molecular weight is 430 g/mol. The zero-order valence-corrected chi connectivity index (χ0v) is 18.5. The minimum atomic E-state index is -3.09. The van der Waals surface area contributed by atoms with Gasteiger partial charge < -0.3 is 19.9 Å². The molecule has 1 amide bonds. The van der Waals surface area contributed by atoms with Crippen molar-refractivity contribution in [3.8, 4) is 0 Å². The van der Waals surface area contributed by atoms with Crippen LogP contribution in [0.3, 0.4) is 0 Å². The first-order valence-electron chi connectivity index (χ1n) is 10.8. The maximum absolute atomic E-state index is 12.5. The number of rotatable bonds is 5. The van der Waals surface area contributed by atoms with Crippen molar-refractivity contribution < 1.29 is 17.9 Å². The molecule has 3 aliphatic heterocycles. The number of carbonyl (C=O) groups excluding carboxylic acids is 1. The summed E-state index contributed by atoms with van der Waals surface area (Å²) in [5.41, 5.74) is 0. The number of piperazine rings is 1. The summed E-state index contributed by atoms with van der Waals surface area (Å²) in [5, 5.41) is 3.37. The van der Waals surface area contributed by atoms with E-state index >= 15 is 0 Å². The zero-order chi connectivity index (χ0) is 20.9. The van der Waals surface area contributed by atoms with E-state index in [9.17, 15) is 13.2 Å². The van der Waals surface area contributed by atoms with Crippen LogP contribution >= 0.6 is 0 Å². The van der Waals surface area contributed by atoms with Crippen LogP contribution in [-0.2, 0) is 19.6 Å². The van der Waals surface area contributed by atoms with Gasteiger partial charge in [0.2, 0.25) is 10.0 Å². The summed E-state index contributed by atoms with van der Waals surface area (Å²) in [6.07, 6.45) is 4.52. The summed E-state index contributed by atoms with van der Waals surface area (Å²) >= 11 is 0. The summed E-state index contributed by atoms with van der Waals surface area (Å²) in [5.74, 6) is 1.42. The lowest BCUT2D eigenvalue weighted by molar-refractivity contribution is -0.142. The fraction of sp³-hybridized carbons (Fsp3) is 0.895. The summed E-state index contributed by atoms with van der Waals surface area (Å²) in [6.45, 7) is 8.31. The molecule has 0 aromatic carbocycles. The number of guanidine groups is 1. The first-order valence-corrected chi connectivity index (χ1v) is 12.6. The number of amides is 1. The summed E-state index contributed by atoms with van der Waals surface area (Å²) < 4.78 is 30.4. The first-order chi connectivity index (χ1) is 13.9. The van der Waals surface area contributed by atoms with Crippen LogP contribution in [0.15, 0.2) is 4.99 Å². The monoisotopic (exact) mass is 429 g/mol. The highest BCUT2D eigenvalue weighted by molar-refractivity contribution is 7.88. The molecule has 3 fully saturated rings. The molecule has 29 heavy (non-hydrogen) atoms. The number of nitrogens with one attached hydrogen (secondary N) is 1. The standard InChI is InChI=1S/C19H35N5O4S/c1-3-20-19(21-15-16-6-8-24(9-7-16)29(2,26)27)23-12-10-22(11-13-23)18(25)17-5-4-14-28-17/h16-17H,3-15H2,1-2H3,(H,20,21). The Kier molecular flexibility index (Phi) is 7.75. The Morgan fingerprint density at radius 1 is 1.07 bits per heavy atom. The number of piperidine rings is 1. The number of hydrogen-bond donors (Lipinski definition) is 1. The molecule has 0 saturated carbocycles. The van der Waals surface area contributed by atoms with Crippen molar-refractivity contribution in [2.45, 2.75) is 38.7 Å². The molecular formula is C19H35N5O4S. The fourth-order valence-corrected chi connectivity index (χ4v) is 5.05. The van der Waals surface area contributed by atoms with Gasteiger partial charge in [0.05, 0.1) is 6.26 Å². The summed E-state index contributed by atoms with van der Waals surface area (Å²) in [6, 6.07) is 0. The quantitative estimate of drug-likeness (QED) is 0.486. The van der Waals surface area contributed by atoms with Crippen molar-refractivity contribution in [1.29, 1.82) is 0 Å². The molecule has 3 saturated heterocycles. The average Bonchev–Trinajstić information content (AvgIpc) is 3.25. The number of aliphatic imine (C=N–C) groups is 1. The molecule has 9 nitrogen and oxygen atoms in total. The maximum Gasteiger partial charge on any atom is 0.251 e. The third kappa shape index (κ3) is 6.05. The van der Waals surface area contributed by atoms with Crippen LogP contribution in [0.5, 0.6) is 0 Å². The summed E-state index contributed by atoms with van der Waals surface area (Å²) in [4.78, 5) is 21.5. The highest BCUT2D eigenvalue weighted by atomic mass is 32.2. The predicted molar refractivity (Wildman–Crippen MR) is 112 cm³/mol. The minimum absolute atomic E-state index is 0.127. The van der Waals surface area contributed by atoms with Gasteiger partial charge in [0.15, 0.2) is 5.96 Å². The normalized spacial score (nSPS) is 25.4. The van der Waals surface area contributed by atoms with Gasteiger partial charge in [-0.3, -0.25) is 9.79 Å². The van der Waals surface area contributed by atoms with Crippen molar-refractivity contribution in [3.05, 3.63) is 0 Å².